The van der Waals surface area contributed by atoms with E-state index in [2.05, 4.69) is 15.6 Å². The molecule has 1 amide bonds. The van der Waals surface area contributed by atoms with Crippen molar-refractivity contribution in [3.63, 3.8) is 0 Å². The summed E-state index contributed by atoms with van der Waals surface area (Å²) in [5, 5.41) is 6.72. The summed E-state index contributed by atoms with van der Waals surface area (Å²) in [4.78, 5) is 16.5. The smallest absolute Gasteiger partial charge is 0.263 e. The maximum absolute atomic E-state index is 11.7. The molecule has 5 heteroatoms. The zero-order valence-electron chi connectivity index (χ0n) is 10.1. The lowest BCUT2D eigenvalue weighted by Gasteiger charge is -2.01. The van der Waals surface area contributed by atoms with Crippen LogP contribution in [0.3, 0.4) is 0 Å². The van der Waals surface area contributed by atoms with E-state index in [1.807, 2.05) is 37.3 Å². The molecule has 0 bridgehead atoms. The van der Waals surface area contributed by atoms with Crippen LogP contribution in [-0.2, 0) is 0 Å². The number of hydrogen-bond donors (Lipinski definition) is 2. The van der Waals surface area contributed by atoms with Gasteiger partial charge in [0.05, 0.1) is 6.20 Å². The van der Waals surface area contributed by atoms with Gasteiger partial charge in [0.1, 0.15) is 4.88 Å². The van der Waals surface area contributed by atoms with Crippen molar-refractivity contribution in [1.82, 2.24) is 10.3 Å². The van der Waals surface area contributed by atoms with Gasteiger partial charge < -0.3 is 10.6 Å². The number of rotatable bonds is 5. The molecule has 1 heterocycles. The molecule has 0 unspecified atom stereocenters. The largest absolute Gasteiger partial charge is 0.351 e. The van der Waals surface area contributed by atoms with Crippen LogP contribution in [0.25, 0.3) is 0 Å². The first-order valence-corrected chi connectivity index (χ1v) is 6.67. The quantitative estimate of drug-likeness (QED) is 0.870. The second-order valence-electron chi connectivity index (χ2n) is 3.78. The third kappa shape index (κ3) is 3.30. The number of benzene rings is 1. The predicted octanol–water partition coefficient (Wildman–Crippen LogP) is 3.03. The minimum absolute atomic E-state index is 0.0598. The van der Waals surface area contributed by atoms with Crippen LogP contribution < -0.4 is 10.6 Å². The maximum Gasteiger partial charge on any atom is 0.263 e. The Morgan fingerprint density at radius 1 is 1.33 bits per heavy atom. The van der Waals surface area contributed by atoms with Crippen molar-refractivity contribution < 1.29 is 4.79 Å². The summed E-state index contributed by atoms with van der Waals surface area (Å²) in [7, 11) is 0. The van der Waals surface area contributed by atoms with Gasteiger partial charge in [-0.3, -0.25) is 4.79 Å². The van der Waals surface area contributed by atoms with E-state index in [1.54, 1.807) is 6.20 Å². The average Bonchev–Trinajstić information content (AvgIpc) is 2.86. The summed E-state index contributed by atoms with van der Waals surface area (Å²) >= 11 is 1.35. The standard InChI is InChI=1S/C13H15N3OS/c1-2-8-14-12(17)11-9-15-13(18-11)16-10-6-4-3-5-7-10/h3-7,9H,2,8H2,1H3,(H,14,17)(H,15,16). The fourth-order valence-electron chi connectivity index (χ4n) is 1.41. The Balaban J connectivity index is 2.00. The first-order valence-electron chi connectivity index (χ1n) is 5.85. The van der Waals surface area contributed by atoms with Gasteiger partial charge in [-0.25, -0.2) is 4.98 Å². The molecule has 4 nitrogen and oxygen atoms in total. The molecule has 0 spiro atoms. The van der Waals surface area contributed by atoms with E-state index in [0.717, 1.165) is 17.2 Å². The summed E-state index contributed by atoms with van der Waals surface area (Å²) in [6.45, 7) is 2.72. The van der Waals surface area contributed by atoms with Crippen molar-refractivity contribution in [2.24, 2.45) is 0 Å². The van der Waals surface area contributed by atoms with Crippen LogP contribution >= 0.6 is 11.3 Å². The molecule has 0 fully saturated rings. The van der Waals surface area contributed by atoms with Gasteiger partial charge in [-0.1, -0.05) is 36.5 Å². The van der Waals surface area contributed by atoms with Crippen LogP contribution in [-0.4, -0.2) is 17.4 Å². The van der Waals surface area contributed by atoms with Crippen molar-refractivity contribution in [3.8, 4) is 0 Å². The number of nitrogens with zero attached hydrogens (tertiary/aromatic N) is 1. The Bertz CT molecular complexity index is 510. The lowest BCUT2D eigenvalue weighted by Crippen LogP contribution is -2.22. The van der Waals surface area contributed by atoms with E-state index < -0.39 is 0 Å². The average molecular weight is 261 g/mol. The number of carbonyl (C=O) groups is 1. The van der Waals surface area contributed by atoms with Crippen molar-refractivity contribution in [1.29, 1.82) is 0 Å². The highest BCUT2D eigenvalue weighted by molar-refractivity contribution is 7.17. The maximum atomic E-state index is 11.7. The minimum atomic E-state index is -0.0598. The molecule has 0 saturated carbocycles. The van der Waals surface area contributed by atoms with Crippen LogP contribution in [0.4, 0.5) is 10.8 Å². The first kappa shape index (κ1) is 12.6. The fourth-order valence-corrected chi connectivity index (χ4v) is 2.16. The number of hydrogen-bond acceptors (Lipinski definition) is 4. The first-order chi connectivity index (χ1) is 8.79. The molecule has 0 atom stereocenters. The fraction of sp³-hybridized carbons (Fsp3) is 0.231. The van der Waals surface area contributed by atoms with Gasteiger partial charge in [-0.15, -0.1) is 0 Å². The van der Waals surface area contributed by atoms with Gasteiger partial charge in [0, 0.05) is 12.2 Å². The summed E-state index contributed by atoms with van der Waals surface area (Å²) in [6, 6.07) is 9.77. The van der Waals surface area contributed by atoms with Gasteiger partial charge in [0.2, 0.25) is 0 Å². The number of carbonyl (C=O) groups excluding carboxylic acids is 1. The topological polar surface area (TPSA) is 54.0 Å². The highest BCUT2D eigenvalue weighted by Crippen LogP contribution is 2.22. The van der Waals surface area contributed by atoms with Crippen molar-refractivity contribution in [3.05, 3.63) is 41.4 Å². The van der Waals surface area contributed by atoms with Crippen LogP contribution in [0.2, 0.25) is 0 Å². The van der Waals surface area contributed by atoms with Gasteiger partial charge in [0.15, 0.2) is 5.13 Å². The zero-order chi connectivity index (χ0) is 12.8. The number of amides is 1. The van der Waals surface area contributed by atoms with E-state index in [4.69, 9.17) is 0 Å². The van der Waals surface area contributed by atoms with Crippen LogP contribution in [0.15, 0.2) is 36.5 Å². The van der Waals surface area contributed by atoms with E-state index in [1.165, 1.54) is 11.3 Å². The molecule has 0 aliphatic carbocycles. The lowest BCUT2D eigenvalue weighted by atomic mass is 10.3. The summed E-state index contributed by atoms with van der Waals surface area (Å²) < 4.78 is 0. The van der Waals surface area contributed by atoms with Crippen molar-refractivity contribution in [2.75, 3.05) is 11.9 Å². The van der Waals surface area contributed by atoms with E-state index in [9.17, 15) is 4.79 Å². The van der Waals surface area contributed by atoms with Crippen molar-refractivity contribution in [2.45, 2.75) is 13.3 Å². The predicted molar refractivity (Wildman–Crippen MR) is 74.5 cm³/mol. The molecule has 0 aliphatic rings. The molecule has 0 aliphatic heterocycles. The SMILES string of the molecule is CCCNC(=O)c1cnc(Nc2ccccc2)s1. The zero-order valence-corrected chi connectivity index (χ0v) is 11.0. The molecule has 0 radical (unpaired) electrons. The van der Waals surface area contributed by atoms with E-state index in [0.29, 0.717) is 11.4 Å². The minimum Gasteiger partial charge on any atom is -0.351 e. The van der Waals surface area contributed by atoms with E-state index in [-0.39, 0.29) is 5.91 Å². The summed E-state index contributed by atoms with van der Waals surface area (Å²) in [5.74, 6) is -0.0598. The van der Waals surface area contributed by atoms with Crippen molar-refractivity contribution >= 4 is 28.1 Å². The number of anilines is 2. The number of aromatic nitrogens is 1. The molecular weight excluding hydrogens is 246 g/mol. The molecule has 0 saturated heterocycles. The van der Waals surface area contributed by atoms with Crippen LogP contribution in [0.1, 0.15) is 23.0 Å². The Morgan fingerprint density at radius 2 is 2.11 bits per heavy atom. The third-order valence-corrected chi connectivity index (χ3v) is 3.20. The highest BCUT2D eigenvalue weighted by Gasteiger charge is 2.09. The molecule has 2 N–H and O–H groups in total. The molecule has 18 heavy (non-hydrogen) atoms. The van der Waals surface area contributed by atoms with Gasteiger partial charge >= 0.3 is 0 Å². The third-order valence-electron chi connectivity index (χ3n) is 2.29. The Kier molecular flexibility index (Phi) is 4.30. The molecule has 1 aromatic carbocycles. The summed E-state index contributed by atoms with van der Waals surface area (Å²) in [6.07, 6.45) is 2.53. The molecule has 2 aromatic rings. The number of para-hydroxylation sites is 1. The Labute approximate surface area is 110 Å². The second kappa shape index (κ2) is 6.16. The Morgan fingerprint density at radius 3 is 2.83 bits per heavy atom. The highest BCUT2D eigenvalue weighted by atomic mass is 32.1. The van der Waals surface area contributed by atoms with E-state index >= 15 is 0 Å². The van der Waals surface area contributed by atoms with Crippen LogP contribution in [0, 0.1) is 0 Å². The van der Waals surface area contributed by atoms with Gasteiger partial charge in [-0.05, 0) is 18.6 Å². The normalized spacial score (nSPS) is 10.1. The monoisotopic (exact) mass is 261 g/mol. The van der Waals surface area contributed by atoms with Crippen LogP contribution in [0.5, 0.6) is 0 Å². The molecule has 2 rings (SSSR count). The number of thiazole rings is 1. The molecule has 94 valence electrons. The number of nitrogens with one attached hydrogen (secondary N) is 2. The Hall–Kier alpha value is -1.88. The second-order valence-corrected chi connectivity index (χ2v) is 4.81. The summed E-state index contributed by atoms with van der Waals surface area (Å²) in [5.41, 5.74) is 0.965. The van der Waals surface area contributed by atoms with Gasteiger partial charge in [0.25, 0.3) is 5.91 Å². The lowest BCUT2D eigenvalue weighted by molar-refractivity contribution is 0.0957. The molecule has 1 aromatic heterocycles. The van der Waals surface area contributed by atoms with Gasteiger partial charge in [-0.2, -0.15) is 0 Å². The molecular formula is C13H15N3OS.